The van der Waals surface area contributed by atoms with Crippen molar-refractivity contribution in [2.45, 2.75) is 32.8 Å². The predicted molar refractivity (Wildman–Crippen MR) is 116 cm³/mol. The number of carbonyl (C=O) groups is 2. The zero-order chi connectivity index (χ0) is 21.8. The van der Waals surface area contributed by atoms with E-state index in [9.17, 15) is 9.59 Å². The van der Waals surface area contributed by atoms with Gasteiger partial charge >= 0.3 is 6.03 Å². The molecule has 0 aliphatic carbocycles. The maximum absolute atomic E-state index is 12.7. The average Bonchev–Trinajstić information content (AvgIpc) is 3.42. The van der Waals surface area contributed by atoms with Crippen molar-refractivity contribution < 1.29 is 23.5 Å². The van der Waals surface area contributed by atoms with Gasteiger partial charge in [0.15, 0.2) is 0 Å². The zero-order valence-corrected chi connectivity index (χ0v) is 18.1. The van der Waals surface area contributed by atoms with Gasteiger partial charge in [-0.1, -0.05) is 0 Å². The third-order valence-electron chi connectivity index (χ3n) is 5.69. The molecule has 8 heteroatoms. The molecule has 8 nitrogen and oxygen atoms in total. The summed E-state index contributed by atoms with van der Waals surface area (Å²) in [6, 6.07) is 8.94. The van der Waals surface area contributed by atoms with Gasteiger partial charge in [0.05, 0.1) is 11.7 Å². The Kier molecular flexibility index (Phi) is 6.46. The van der Waals surface area contributed by atoms with E-state index in [0.29, 0.717) is 49.8 Å². The van der Waals surface area contributed by atoms with Gasteiger partial charge < -0.3 is 29.0 Å². The fraction of sp³-hybridized carbons (Fsp3) is 0.478. The smallest absolute Gasteiger partial charge is 0.321 e. The van der Waals surface area contributed by atoms with Gasteiger partial charge in [-0.25, -0.2) is 4.79 Å². The van der Waals surface area contributed by atoms with Gasteiger partial charge in [-0.3, -0.25) is 4.79 Å². The van der Waals surface area contributed by atoms with Gasteiger partial charge in [0, 0.05) is 38.5 Å². The highest BCUT2D eigenvalue weighted by molar-refractivity contribution is 5.95. The Balaban J connectivity index is 1.24. The van der Waals surface area contributed by atoms with Crippen molar-refractivity contribution in [2.24, 2.45) is 0 Å². The monoisotopic (exact) mass is 427 g/mol. The summed E-state index contributed by atoms with van der Waals surface area (Å²) >= 11 is 0. The molecule has 1 aromatic carbocycles. The van der Waals surface area contributed by atoms with Crippen LogP contribution >= 0.6 is 0 Å². The number of hydrogen-bond donors (Lipinski definition) is 1. The van der Waals surface area contributed by atoms with Gasteiger partial charge in [0.1, 0.15) is 23.9 Å². The number of amides is 3. The van der Waals surface area contributed by atoms with Gasteiger partial charge in [-0.05, 0) is 57.0 Å². The van der Waals surface area contributed by atoms with E-state index >= 15 is 0 Å². The molecular formula is C23H29N3O5. The number of nitrogens with one attached hydrogen (secondary N) is 1. The lowest BCUT2D eigenvalue weighted by Crippen LogP contribution is -2.51. The maximum atomic E-state index is 12.7. The number of benzene rings is 1. The number of ether oxygens (including phenoxy) is 2. The van der Waals surface area contributed by atoms with E-state index in [-0.39, 0.29) is 18.0 Å². The second-order valence-corrected chi connectivity index (χ2v) is 8.01. The van der Waals surface area contributed by atoms with E-state index < -0.39 is 0 Å². The quantitative estimate of drug-likeness (QED) is 0.790. The minimum absolute atomic E-state index is 0.0481. The average molecular weight is 428 g/mol. The fourth-order valence-corrected chi connectivity index (χ4v) is 3.93. The lowest BCUT2D eigenvalue weighted by Gasteiger charge is -2.34. The molecule has 0 spiro atoms. The van der Waals surface area contributed by atoms with Crippen LogP contribution in [0.1, 0.15) is 34.7 Å². The number of hydrogen-bond acceptors (Lipinski definition) is 5. The van der Waals surface area contributed by atoms with Crippen LogP contribution in [0.3, 0.4) is 0 Å². The highest BCUT2D eigenvalue weighted by Crippen LogP contribution is 2.20. The molecule has 1 aromatic heterocycles. The molecule has 2 saturated heterocycles. The van der Waals surface area contributed by atoms with E-state index in [1.807, 2.05) is 31.2 Å². The van der Waals surface area contributed by atoms with E-state index in [2.05, 4.69) is 5.32 Å². The molecule has 2 fully saturated rings. The van der Waals surface area contributed by atoms with E-state index in [0.717, 1.165) is 31.0 Å². The van der Waals surface area contributed by atoms with Crippen molar-refractivity contribution in [1.82, 2.24) is 9.80 Å². The standard InChI is InChI=1S/C23H29N3O5/c1-16-14-21(17(2)31-16)22(27)25-9-11-26(12-10-25)23(28)24-18-5-7-19(8-6-18)30-15-20-4-3-13-29-20/h5-8,14,20H,3-4,9-13,15H2,1-2H3,(H,24,28)/t20-/m1/s1. The fourth-order valence-electron chi connectivity index (χ4n) is 3.93. The molecule has 166 valence electrons. The van der Waals surface area contributed by atoms with Crippen molar-refractivity contribution in [3.8, 4) is 5.75 Å². The molecule has 2 aliphatic heterocycles. The first-order valence-electron chi connectivity index (χ1n) is 10.8. The summed E-state index contributed by atoms with van der Waals surface area (Å²) in [5, 5.41) is 2.91. The van der Waals surface area contributed by atoms with Crippen molar-refractivity contribution in [1.29, 1.82) is 0 Å². The van der Waals surface area contributed by atoms with Gasteiger partial charge in [-0.15, -0.1) is 0 Å². The number of rotatable bonds is 5. The van der Waals surface area contributed by atoms with Crippen molar-refractivity contribution in [2.75, 3.05) is 44.7 Å². The minimum Gasteiger partial charge on any atom is -0.491 e. The zero-order valence-electron chi connectivity index (χ0n) is 18.1. The number of piperazine rings is 1. The maximum Gasteiger partial charge on any atom is 0.321 e. The molecule has 4 rings (SSSR count). The van der Waals surface area contributed by atoms with Crippen LogP contribution in [0.25, 0.3) is 0 Å². The van der Waals surface area contributed by atoms with Crippen LogP contribution in [0.15, 0.2) is 34.7 Å². The lowest BCUT2D eigenvalue weighted by atomic mass is 10.2. The van der Waals surface area contributed by atoms with Gasteiger partial charge in [0.25, 0.3) is 5.91 Å². The normalized spacial score (nSPS) is 18.8. The first-order chi connectivity index (χ1) is 15.0. The van der Waals surface area contributed by atoms with Crippen LogP contribution in [0.2, 0.25) is 0 Å². The van der Waals surface area contributed by atoms with Crippen LogP contribution in [-0.2, 0) is 4.74 Å². The Hall–Kier alpha value is -3.00. The summed E-state index contributed by atoms with van der Waals surface area (Å²) in [6.07, 6.45) is 2.30. The Morgan fingerprint density at radius 1 is 1.10 bits per heavy atom. The molecule has 2 aromatic rings. The highest BCUT2D eigenvalue weighted by atomic mass is 16.5. The minimum atomic E-state index is -0.171. The number of furan rings is 1. The second kappa shape index (κ2) is 9.43. The number of aryl methyl sites for hydroxylation is 2. The second-order valence-electron chi connectivity index (χ2n) is 8.01. The molecule has 0 bridgehead atoms. The molecule has 1 N–H and O–H groups in total. The Morgan fingerprint density at radius 2 is 1.81 bits per heavy atom. The van der Waals surface area contributed by atoms with E-state index in [1.54, 1.807) is 22.8 Å². The van der Waals surface area contributed by atoms with E-state index in [1.165, 1.54) is 0 Å². The molecule has 0 saturated carbocycles. The molecule has 2 aliphatic rings. The first kappa shape index (κ1) is 21.2. The summed E-state index contributed by atoms with van der Waals surface area (Å²) in [5.74, 6) is 2.06. The first-order valence-corrected chi connectivity index (χ1v) is 10.8. The van der Waals surface area contributed by atoms with Crippen molar-refractivity contribution in [3.63, 3.8) is 0 Å². The Labute approximate surface area is 182 Å². The largest absolute Gasteiger partial charge is 0.491 e. The van der Waals surface area contributed by atoms with Crippen LogP contribution < -0.4 is 10.1 Å². The predicted octanol–water partition coefficient (Wildman–Crippen LogP) is 3.44. The number of nitrogens with zero attached hydrogens (tertiary/aromatic N) is 2. The summed E-state index contributed by atoms with van der Waals surface area (Å²) in [5.41, 5.74) is 1.30. The van der Waals surface area contributed by atoms with Gasteiger partial charge in [-0.2, -0.15) is 0 Å². The number of anilines is 1. The molecule has 3 amide bonds. The lowest BCUT2D eigenvalue weighted by molar-refractivity contribution is 0.0669. The van der Waals surface area contributed by atoms with Crippen LogP contribution in [0.5, 0.6) is 5.75 Å². The summed E-state index contributed by atoms with van der Waals surface area (Å²) < 4.78 is 16.8. The third-order valence-corrected chi connectivity index (χ3v) is 5.69. The van der Waals surface area contributed by atoms with Crippen LogP contribution in [-0.4, -0.2) is 67.2 Å². The summed E-state index contributed by atoms with van der Waals surface area (Å²) in [6.45, 7) is 6.93. The molecule has 3 heterocycles. The van der Waals surface area contributed by atoms with Crippen molar-refractivity contribution in [3.05, 3.63) is 47.4 Å². The molecular weight excluding hydrogens is 398 g/mol. The molecule has 31 heavy (non-hydrogen) atoms. The molecule has 1 atom stereocenters. The summed E-state index contributed by atoms with van der Waals surface area (Å²) in [4.78, 5) is 28.8. The van der Waals surface area contributed by atoms with Crippen molar-refractivity contribution >= 4 is 17.6 Å². The number of urea groups is 1. The number of carbonyl (C=O) groups excluding carboxylic acids is 2. The molecule has 0 radical (unpaired) electrons. The topological polar surface area (TPSA) is 84.3 Å². The van der Waals surface area contributed by atoms with Crippen LogP contribution in [0.4, 0.5) is 10.5 Å². The third kappa shape index (κ3) is 5.19. The Morgan fingerprint density at radius 3 is 2.42 bits per heavy atom. The SMILES string of the molecule is Cc1cc(C(=O)N2CCN(C(=O)Nc3ccc(OC[C@H]4CCCO4)cc3)CC2)c(C)o1. The Bertz CT molecular complexity index is 910. The van der Waals surface area contributed by atoms with Gasteiger partial charge in [0.2, 0.25) is 0 Å². The summed E-state index contributed by atoms with van der Waals surface area (Å²) in [7, 11) is 0. The molecule has 0 unspecified atom stereocenters. The van der Waals surface area contributed by atoms with E-state index in [4.69, 9.17) is 13.9 Å². The highest BCUT2D eigenvalue weighted by Gasteiger charge is 2.27. The van der Waals surface area contributed by atoms with Crippen LogP contribution in [0, 0.1) is 13.8 Å².